The summed E-state index contributed by atoms with van der Waals surface area (Å²) in [5.74, 6) is 0.373. The highest BCUT2D eigenvalue weighted by Crippen LogP contribution is 2.21. The summed E-state index contributed by atoms with van der Waals surface area (Å²) in [5.41, 5.74) is 1.46. The number of carbonyl (C=O) groups excluding carboxylic acids is 1. The third-order valence-corrected chi connectivity index (χ3v) is 4.54. The van der Waals surface area contributed by atoms with E-state index < -0.39 is 0 Å². The van der Waals surface area contributed by atoms with Crippen LogP contribution >= 0.6 is 0 Å². The summed E-state index contributed by atoms with van der Waals surface area (Å²) in [7, 11) is 1.74. The second kappa shape index (κ2) is 8.16. The number of carbonyl (C=O) groups is 1. The number of hydrogen-bond acceptors (Lipinski definition) is 4. The Morgan fingerprint density at radius 3 is 2.67 bits per heavy atom. The molecule has 7 nitrogen and oxygen atoms in total. The number of nitrogens with zero attached hydrogens (tertiary/aromatic N) is 4. The minimum Gasteiger partial charge on any atom is -0.349 e. The Bertz CT molecular complexity index is 975. The van der Waals surface area contributed by atoms with Gasteiger partial charge in [-0.15, -0.1) is 0 Å². The maximum absolute atomic E-state index is 12.5. The summed E-state index contributed by atoms with van der Waals surface area (Å²) in [6, 6.07) is 9.93. The van der Waals surface area contributed by atoms with E-state index in [1.54, 1.807) is 11.7 Å². The Kier molecular flexibility index (Phi) is 5.69. The lowest BCUT2D eigenvalue weighted by Gasteiger charge is -2.21. The van der Waals surface area contributed by atoms with Crippen molar-refractivity contribution in [1.29, 1.82) is 0 Å². The second-order valence-corrected chi connectivity index (χ2v) is 7.16. The molecule has 0 spiro atoms. The van der Waals surface area contributed by atoms with Crippen molar-refractivity contribution in [3.63, 3.8) is 0 Å². The normalized spacial score (nSPS) is 12.4. The number of benzene rings is 1. The quantitative estimate of drug-likeness (QED) is 0.695. The van der Waals surface area contributed by atoms with Crippen LogP contribution in [-0.2, 0) is 18.4 Å². The number of fused-ring (bicyclic) bond motifs is 1. The van der Waals surface area contributed by atoms with E-state index in [0.29, 0.717) is 17.0 Å². The summed E-state index contributed by atoms with van der Waals surface area (Å²) < 4.78 is 3.02. The average molecular weight is 367 g/mol. The van der Waals surface area contributed by atoms with Crippen LogP contribution in [0.25, 0.3) is 11.0 Å². The van der Waals surface area contributed by atoms with E-state index in [2.05, 4.69) is 29.2 Å². The topological polar surface area (TPSA) is 81.8 Å². The first-order chi connectivity index (χ1) is 13.0. The fraction of sp³-hybridized carbons (Fsp3) is 0.400. The number of aromatic nitrogens is 4. The molecule has 1 N–H and O–H groups in total. The van der Waals surface area contributed by atoms with Gasteiger partial charge in [0.1, 0.15) is 5.39 Å². The molecule has 27 heavy (non-hydrogen) atoms. The highest BCUT2D eigenvalue weighted by atomic mass is 16.2. The Morgan fingerprint density at radius 2 is 1.96 bits per heavy atom. The van der Waals surface area contributed by atoms with E-state index >= 15 is 0 Å². The first-order valence-electron chi connectivity index (χ1n) is 9.17. The van der Waals surface area contributed by atoms with Gasteiger partial charge >= 0.3 is 0 Å². The maximum Gasteiger partial charge on any atom is 0.264 e. The molecule has 0 radical (unpaired) electrons. The second-order valence-electron chi connectivity index (χ2n) is 7.16. The Hall–Kier alpha value is -2.96. The molecule has 142 valence electrons. The molecule has 7 heteroatoms. The number of aryl methyl sites for hydroxylation is 2. The van der Waals surface area contributed by atoms with Gasteiger partial charge in [0.2, 0.25) is 5.91 Å². The Morgan fingerprint density at radius 1 is 1.22 bits per heavy atom. The fourth-order valence-corrected chi connectivity index (χ4v) is 3.15. The van der Waals surface area contributed by atoms with Crippen LogP contribution < -0.4 is 10.9 Å². The van der Waals surface area contributed by atoms with Gasteiger partial charge in [0.15, 0.2) is 5.65 Å². The Balaban J connectivity index is 1.68. The molecular weight excluding hydrogens is 342 g/mol. The van der Waals surface area contributed by atoms with E-state index in [9.17, 15) is 9.59 Å². The van der Waals surface area contributed by atoms with E-state index in [1.807, 2.05) is 30.3 Å². The SMILES string of the molecule is CC(C)CC(NC(=O)CCn1cnc2c(cnn2C)c1=O)c1ccccc1. The van der Waals surface area contributed by atoms with Crippen LogP contribution in [0.5, 0.6) is 0 Å². The lowest BCUT2D eigenvalue weighted by molar-refractivity contribution is -0.122. The van der Waals surface area contributed by atoms with Gasteiger partial charge in [-0.05, 0) is 17.9 Å². The maximum atomic E-state index is 12.5. The van der Waals surface area contributed by atoms with Gasteiger partial charge < -0.3 is 5.32 Å². The molecule has 1 atom stereocenters. The molecule has 3 aromatic rings. The standard InChI is InChI=1S/C20H25N5O2/c1-14(2)11-17(15-7-5-4-6-8-15)23-18(26)9-10-25-13-21-19-16(20(25)27)12-22-24(19)3/h4-8,12-14,17H,9-11H2,1-3H3,(H,23,26). The third kappa shape index (κ3) is 4.42. The van der Waals surface area contributed by atoms with Crippen LogP contribution in [0.2, 0.25) is 0 Å². The molecule has 0 aliphatic carbocycles. The van der Waals surface area contributed by atoms with E-state index in [1.165, 1.54) is 17.1 Å². The van der Waals surface area contributed by atoms with Gasteiger partial charge in [0.25, 0.3) is 5.56 Å². The number of hydrogen-bond donors (Lipinski definition) is 1. The molecule has 0 saturated carbocycles. The van der Waals surface area contributed by atoms with Gasteiger partial charge in [-0.2, -0.15) is 5.10 Å². The van der Waals surface area contributed by atoms with E-state index in [-0.39, 0.29) is 30.5 Å². The van der Waals surface area contributed by atoms with Crippen molar-refractivity contribution < 1.29 is 4.79 Å². The van der Waals surface area contributed by atoms with Gasteiger partial charge in [-0.25, -0.2) is 4.98 Å². The highest BCUT2D eigenvalue weighted by Gasteiger charge is 2.16. The van der Waals surface area contributed by atoms with Crippen molar-refractivity contribution in [2.75, 3.05) is 0 Å². The van der Waals surface area contributed by atoms with Crippen molar-refractivity contribution in [2.45, 2.75) is 39.3 Å². The van der Waals surface area contributed by atoms with Crippen LogP contribution in [0.3, 0.4) is 0 Å². The Labute approximate surface area is 158 Å². The predicted octanol–water partition coefficient (Wildman–Crippen LogP) is 2.42. The molecule has 0 fully saturated rings. The van der Waals surface area contributed by atoms with Crippen molar-refractivity contribution in [3.05, 3.63) is 58.8 Å². The number of rotatable bonds is 7. The van der Waals surface area contributed by atoms with Gasteiger partial charge in [-0.1, -0.05) is 44.2 Å². The minimum atomic E-state index is -0.178. The van der Waals surface area contributed by atoms with Gasteiger partial charge in [-0.3, -0.25) is 18.8 Å². The number of amides is 1. The molecule has 3 rings (SSSR count). The van der Waals surface area contributed by atoms with Crippen molar-refractivity contribution in [1.82, 2.24) is 24.6 Å². The smallest absolute Gasteiger partial charge is 0.264 e. The number of nitrogens with one attached hydrogen (secondary N) is 1. The molecule has 0 bridgehead atoms. The lowest BCUT2D eigenvalue weighted by Crippen LogP contribution is -2.31. The first-order valence-corrected chi connectivity index (χ1v) is 9.17. The third-order valence-electron chi connectivity index (χ3n) is 4.54. The van der Waals surface area contributed by atoms with Crippen molar-refractivity contribution in [2.24, 2.45) is 13.0 Å². The van der Waals surface area contributed by atoms with Crippen molar-refractivity contribution >= 4 is 16.9 Å². The molecule has 0 saturated heterocycles. The molecule has 2 aromatic heterocycles. The molecular formula is C20H25N5O2. The zero-order valence-electron chi connectivity index (χ0n) is 15.9. The largest absolute Gasteiger partial charge is 0.349 e. The molecule has 0 aliphatic rings. The minimum absolute atomic E-state index is 0.0330. The molecule has 1 aromatic carbocycles. The van der Waals surface area contributed by atoms with Crippen molar-refractivity contribution in [3.8, 4) is 0 Å². The summed E-state index contributed by atoms with van der Waals surface area (Å²) in [6.45, 7) is 4.55. The van der Waals surface area contributed by atoms with Crippen LogP contribution in [0.4, 0.5) is 0 Å². The summed E-state index contributed by atoms with van der Waals surface area (Å²) >= 11 is 0. The van der Waals surface area contributed by atoms with Crippen LogP contribution in [0.1, 0.15) is 38.3 Å². The molecule has 1 unspecified atom stereocenters. The molecule has 2 heterocycles. The average Bonchev–Trinajstić information content (AvgIpc) is 3.03. The van der Waals surface area contributed by atoms with Crippen LogP contribution in [-0.4, -0.2) is 25.2 Å². The zero-order chi connectivity index (χ0) is 19.4. The van der Waals surface area contributed by atoms with E-state index in [4.69, 9.17) is 0 Å². The van der Waals surface area contributed by atoms with Crippen LogP contribution in [0.15, 0.2) is 47.7 Å². The molecule has 1 amide bonds. The zero-order valence-corrected chi connectivity index (χ0v) is 15.9. The van der Waals surface area contributed by atoms with Gasteiger partial charge in [0, 0.05) is 20.0 Å². The van der Waals surface area contributed by atoms with Gasteiger partial charge in [0.05, 0.1) is 18.6 Å². The molecule has 0 aliphatic heterocycles. The highest BCUT2D eigenvalue weighted by molar-refractivity contribution is 5.76. The van der Waals surface area contributed by atoms with Crippen LogP contribution in [0, 0.1) is 5.92 Å². The first kappa shape index (κ1) is 18.8. The van der Waals surface area contributed by atoms with E-state index in [0.717, 1.165) is 12.0 Å². The fourth-order valence-electron chi connectivity index (χ4n) is 3.15. The summed E-state index contributed by atoms with van der Waals surface area (Å²) in [6.07, 6.45) is 4.06. The lowest BCUT2D eigenvalue weighted by atomic mass is 9.97. The summed E-state index contributed by atoms with van der Waals surface area (Å²) in [5, 5.41) is 7.62. The predicted molar refractivity (Wildman–Crippen MR) is 104 cm³/mol. The monoisotopic (exact) mass is 367 g/mol. The summed E-state index contributed by atoms with van der Waals surface area (Å²) in [4.78, 5) is 29.2.